The molecule has 1 spiro atoms. The van der Waals surface area contributed by atoms with Gasteiger partial charge in [0.1, 0.15) is 0 Å². The standard InChI is InChI=1S/C16H27N.C3H8/c1-4-15(5-2)12-17-11-10-16(13-17)8-6-14(3)7-9-16;1-3-2/h4-5,14H,1,6-13H2,2-3H3;3H2,1-2H3/b15-5+;. The van der Waals surface area contributed by atoms with Gasteiger partial charge in [0.2, 0.25) is 0 Å². The van der Waals surface area contributed by atoms with Gasteiger partial charge in [-0.2, -0.15) is 0 Å². The molecular formula is C19H35N. The molecule has 0 atom stereocenters. The van der Waals surface area contributed by atoms with Crippen molar-refractivity contribution in [2.75, 3.05) is 19.6 Å². The normalized spacial score (nSPS) is 31.0. The van der Waals surface area contributed by atoms with Gasteiger partial charge in [-0.05, 0) is 49.6 Å². The first-order valence-electron chi connectivity index (χ1n) is 8.59. The number of nitrogens with zero attached hydrogens (tertiary/aromatic N) is 1. The Kier molecular flexibility index (Phi) is 7.58. The van der Waals surface area contributed by atoms with E-state index in [-0.39, 0.29) is 0 Å². The minimum absolute atomic E-state index is 0.673. The largest absolute Gasteiger partial charge is 0.299 e. The van der Waals surface area contributed by atoms with Gasteiger partial charge in [-0.3, -0.25) is 4.90 Å². The first kappa shape index (κ1) is 17.5. The van der Waals surface area contributed by atoms with Crippen LogP contribution in [0, 0.1) is 11.3 Å². The van der Waals surface area contributed by atoms with Crippen LogP contribution in [-0.2, 0) is 0 Å². The molecule has 2 fully saturated rings. The summed E-state index contributed by atoms with van der Waals surface area (Å²) in [4.78, 5) is 2.63. The van der Waals surface area contributed by atoms with Gasteiger partial charge in [-0.25, -0.2) is 0 Å². The van der Waals surface area contributed by atoms with E-state index in [1.807, 2.05) is 6.08 Å². The Morgan fingerprint density at radius 2 is 1.85 bits per heavy atom. The van der Waals surface area contributed by atoms with E-state index in [1.165, 1.54) is 57.2 Å². The zero-order valence-electron chi connectivity index (χ0n) is 14.3. The van der Waals surface area contributed by atoms with Crippen molar-refractivity contribution in [3.8, 4) is 0 Å². The third-order valence-corrected chi connectivity index (χ3v) is 4.89. The van der Waals surface area contributed by atoms with Crippen molar-refractivity contribution in [2.24, 2.45) is 11.3 Å². The monoisotopic (exact) mass is 277 g/mol. The van der Waals surface area contributed by atoms with Crippen LogP contribution >= 0.6 is 0 Å². The summed E-state index contributed by atoms with van der Waals surface area (Å²) in [5.41, 5.74) is 2.05. The maximum absolute atomic E-state index is 3.89. The number of likely N-dealkylation sites (tertiary alicyclic amines) is 1. The van der Waals surface area contributed by atoms with Crippen molar-refractivity contribution < 1.29 is 0 Å². The van der Waals surface area contributed by atoms with Gasteiger partial charge in [0.05, 0.1) is 0 Å². The molecule has 0 amide bonds. The molecule has 1 saturated carbocycles. The van der Waals surface area contributed by atoms with E-state index in [0.29, 0.717) is 5.41 Å². The van der Waals surface area contributed by atoms with Gasteiger partial charge in [-0.1, -0.05) is 58.8 Å². The summed E-state index contributed by atoms with van der Waals surface area (Å²) in [6.45, 7) is 16.4. The summed E-state index contributed by atoms with van der Waals surface area (Å²) in [7, 11) is 0. The number of allylic oxidation sites excluding steroid dienone is 1. The molecule has 0 aromatic rings. The smallest absolute Gasteiger partial charge is 0.0230 e. The molecule has 0 aromatic heterocycles. The van der Waals surface area contributed by atoms with Crippen LogP contribution in [0.4, 0.5) is 0 Å². The molecule has 1 heteroatoms. The van der Waals surface area contributed by atoms with Crippen molar-refractivity contribution in [3.05, 3.63) is 24.3 Å². The third-order valence-electron chi connectivity index (χ3n) is 4.89. The summed E-state index contributed by atoms with van der Waals surface area (Å²) in [6, 6.07) is 0. The summed E-state index contributed by atoms with van der Waals surface area (Å²) < 4.78 is 0. The molecular weight excluding hydrogens is 242 g/mol. The predicted octanol–water partition coefficient (Wildman–Crippen LogP) is 5.44. The molecule has 0 aromatic carbocycles. The minimum atomic E-state index is 0.673. The molecule has 116 valence electrons. The van der Waals surface area contributed by atoms with E-state index in [2.05, 4.69) is 45.2 Å². The quantitative estimate of drug-likeness (QED) is 0.621. The lowest BCUT2D eigenvalue weighted by molar-refractivity contribution is 0.159. The second kappa shape index (κ2) is 8.67. The Hall–Kier alpha value is -0.560. The van der Waals surface area contributed by atoms with E-state index in [1.54, 1.807) is 0 Å². The van der Waals surface area contributed by atoms with Gasteiger partial charge < -0.3 is 0 Å². The second-order valence-corrected chi connectivity index (χ2v) is 6.92. The van der Waals surface area contributed by atoms with E-state index in [9.17, 15) is 0 Å². The SMILES string of the molecule is C=C/C(=C\C)CN1CCC2(CCC(C)CC2)C1.CCC. The predicted molar refractivity (Wildman–Crippen MR) is 91.0 cm³/mol. The van der Waals surface area contributed by atoms with Gasteiger partial charge in [0.25, 0.3) is 0 Å². The summed E-state index contributed by atoms with van der Waals surface area (Å²) >= 11 is 0. The highest BCUT2D eigenvalue weighted by Crippen LogP contribution is 2.45. The molecule has 1 heterocycles. The lowest BCUT2D eigenvalue weighted by Crippen LogP contribution is -2.31. The van der Waals surface area contributed by atoms with Crippen molar-refractivity contribution in [3.63, 3.8) is 0 Å². The Bertz CT molecular complexity index is 308. The van der Waals surface area contributed by atoms with Crippen LogP contribution in [0.2, 0.25) is 0 Å². The molecule has 20 heavy (non-hydrogen) atoms. The molecule has 2 aliphatic rings. The number of hydrogen-bond acceptors (Lipinski definition) is 1. The van der Waals surface area contributed by atoms with Crippen LogP contribution in [0.3, 0.4) is 0 Å². The highest BCUT2D eigenvalue weighted by Gasteiger charge is 2.39. The van der Waals surface area contributed by atoms with Crippen LogP contribution in [0.1, 0.15) is 66.2 Å². The molecule has 0 bridgehead atoms. The van der Waals surface area contributed by atoms with Gasteiger partial charge in [0.15, 0.2) is 0 Å². The fourth-order valence-corrected chi connectivity index (χ4v) is 3.48. The summed E-state index contributed by atoms with van der Waals surface area (Å²) in [5, 5.41) is 0. The summed E-state index contributed by atoms with van der Waals surface area (Å²) in [6.07, 6.45) is 12.7. The fourth-order valence-electron chi connectivity index (χ4n) is 3.48. The Morgan fingerprint density at radius 1 is 1.25 bits per heavy atom. The lowest BCUT2D eigenvalue weighted by Gasteiger charge is -2.36. The third kappa shape index (κ3) is 5.09. The topological polar surface area (TPSA) is 3.24 Å². The van der Waals surface area contributed by atoms with E-state index >= 15 is 0 Å². The molecule has 1 aliphatic carbocycles. The molecule has 1 nitrogen and oxygen atoms in total. The zero-order valence-corrected chi connectivity index (χ0v) is 14.3. The van der Waals surface area contributed by atoms with Crippen molar-refractivity contribution >= 4 is 0 Å². The molecule has 1 aliphatic heterocycles. The van der Waals surface area contributed by atoms with Crippen molar-refractivity contribution in [1.82, 2.24) is 4.90 Å². The van der Waals surface area contributed by atoms with Gasteiger partial charge in [0, 0.05) is 13.1 Å². The highest BCUT2D eigenvalue weighted by atomic mass is 15.2. The zero-order chi connectivity index (χ0) is 15.0. The second-order valence-electron chi connectivity index (χ2n) is 6.92. The first-order chi connectivity index (χ1) is 9.59. The van der Waals surface area contributed by atoms with Crippen molar-refractivity contribution in [1.29, 1.82) is 0 Å². The van der Waals surface area contributed by atoms with Crippen LogP contribution in [0.25, 0.3) is 0 Å². The first-order valence-corrected chi connectivity index (χ1v) is 8.59. The van der Waals surface area contributed by atoms with Gasteiger partial charge >= 0.3 is 0 Å². The average Bonchev–Trinajstić information content (AvgIpc) is 2.84. The Balaban J connectivity index is 0.000000612. The minimum Gasteiger partial charge on any atom is -0.299 e. The van der Waals surface area contributed by atoms with E-state index in [0.717, 1.165) is 12.5 Å². The van der Waals surface area contributed by atoms with Crippen LogP contribution < -0.4 is 0 Å². The van der Waals surface area contributed by atoms with E-state index < -0.39 is 0 Å². The maximum Gasteiger partial charge on any atom is 0.0230 e. The van der Waals surface area contributed by atoms with Crippen LogP contribution in [-0.4, -0.2) is 24.5 Å². The molecule has 2 rings (SSSR count). The number of rotatable bonds is 3. The number of hydrogen-bond donors (Lipinski definition) is 0. The van der Waals surface area contributed by atoms with Crippen molar-refractivity contribution in [2.45, 2.75) is 66.2 Å². The Morgan fingerprint density at radius 3 is 2.35 bits per heavy atom. The molecule has 0 N–H and O–H groups in total. The fraction of sp³-hybridized carbons (Fsp3) is 0.789. The van der Waals surface area contributed by atoms with Crippen LogP contribution in [0.15, 0.2) is 24.3 Å². The summed E-state index contributed by atoms with van der Waals surface area (Å²) in [5.74, 6) is 0.967. The highest BCUT2D eigenvalue weighted by molar-refractivity contribution is 5.17. The maximum atomic E-state index is 3.89. The van der Waals surface area contributed by atoms with Crippen LogP contribution in [0.5, 0.6) is 0 Å². The van der Waals surface area contributed by atoms with E-state index in [4.69, 9.17) is 0 Å². The molecule has 0 unspecified atom stereocenters. The molecule has 0 radical (unpaired) electrons. The van der Waals surface area contributed by atoms with Gasteiger partial charge in [-0.15, -0.1) is 0 Å². The average molecular weight is 277 g/mol. The Labute approximate surface area is 127 Å². The lowest BCUT2D eigenvalue weighted by atomic mass is 9.70. The molecule has 1 saturated heterocycles.